The van der Waals surface area contributed by atoms with Gasteiger partial charge in [0.1, 0.15) is 6.29 Å². The molecule has 5 heteroatoms. The molecule has 0 bridgehead atoms. The Balaban J connectivity index is 0.000000289. The highest BCUT2D eigenvalue weighted by Gasteiger charge is 1.94. The number of rotatable bonds is 8. The first-order chi connectivity index (χ1) is 13.0. The number of hydrogen-bond donors (Lipinski definition) is 0. The number of aryl methyl sites for hydroxylation is 2. The molecule has 3 nitrogen and oxygen atoms in total. The Labute approximate surface area is 178 Å². The quantitative estimate of drug-likeness (QED) is 0.253. The standard InChI is InChI=1S/C13H15BrO2.C9H9BrO/c1-2-16-13(15)6-4-3-5-11-7-9-12(14)10-8-11;10-9-5-3-8(4-6-9)2-1-7-11/h4,6-10H,2-3,5H2,1H3;3-7H,1-2H2/b6-4+;. The lowest BCUT2D eigenvalue weighted by Crippen LogP contribution is -1.98. The van der Waals surface area contributed by atoms with E-state index in [9.17, 15) is 9.59 Å². The van der Waals surface area contributed by atoms with Crippen LogP contribution in [0.25, 0.3) is 0 Å². The molecule has 2 aromatic carbocycles. The zero-order valence-electron chi connectivity index (χ0n) is 15.4. The molecular weight excluding hydrogens is 472 g/mol. The van der Waals surface area contributed by atoms with Gasteiger partial charge in [0.15, 0.2) is 0 Å². The molecule has 0 aliphatic rings. The van der Waals surface area contributed by atoms with Crippen LogP contribution in [0.2, 0.25) is 0 Å². The molecule has 0 unspecified atom stereocenters. The highest BCUT2D eigenvalue weighted by atomic mass is 79.9. The Morgan fingerprint density at radius 3 is 1.81 bits per heavy atom. The first kappa shape index (κ1) is 23.3. The van der Waals surface area contributed by atoms with E-state index in [2.05, 4.69) is 44.0 Å². The van der Waals surface area contributed by atoms with Crippen LogP contribution in [0.1, 0.15) is 30.9 Å². The molecule has 27 heavy (non-hydrogen) atoms. The molecule has 0 aliphatic heterocycles. The van der Waals surface area contributed by atoms with Crippen molar-refractivity contribution in [1.29, 1.82) is 0 Å². The van der Waals surface area contributed by atoms with Crippen LogP contribution in [-0.4, -0.2) is 18.9 Å². The van der Waals surface area contributed by atoms with Crippen molar-refractivity contribution >= 4 is 44.1 Å². The molecule has 2 aromatic rings. The number of esters is 1. The largest absolute Gasteiger partial charge is 0.463 e. The van der Waals surface area contributed by atoms with Gasteiger partial charge < -0.3 is 9.53 Å². The van der Waals surface area contributed by atoms with Crippen LogP contribution in [0, 0.1) is 0 Å². The average molecular weight is 496 g/mol. The molecule has 0 radical (unpaired) electrons. The molecule has 2 rings (SSSR count). The van der Waals surface area contributed by atoms with Gasteiger partial charge in [0.25, 0.3) is 0 Å². The summed E-state index contributed by atoms with van der Waals surface area (Å²) in [7, 11) is 0. The minimum atomic E-state index is -0.265. The molecule has 0 amide bonds. The van der Waals surface area contributed by atoms with Crippen molar-refractivity contribution < 1.29 is 14.3 Å². The third kappa shape index (κ3) is 11.6. The second kappa shape index (κ2) is 14.4. The van der Waals surface area contributed by atoms with Crippen LogP contribution in [0.4, 0.5) is 0 Å². The fourth-order valence-electron chi connectivity index (χ4n) is 2.15. The monoisotopic (exact) mass is 494 g/mol. The van der Waals surface area contributed by atoms with Crippen molar-refractivity contribution in [2.75, 3.05) is 6.61 Å². The van der Waals surface area contributed by atoms with Crippen molar-refractivity contribution in [3.05, 3.63) is 80.8 Å². The number of allylic oxidation sites excluding steroid dienone is 1. The predicted molar refractivity (Wildman–Crippen MR) is 117 cm³/mol. The maximum atomic E-state index is 11.0. The fraction of sp³-hybridized carbons (Fsp3) is 0.273. The zero-order chi connectivity index (χ0) is 19.9. The lowest BCUT2D eigenvalue weighted by molar-refractivity contribution is -0.137. The molecule has 0 heterocycles. The van der Waals surface area contributed by atoms with E-state index < -0.39 is 0 Å². The van der Waals surface area contributed by atoms with Gasteiger partial charge in [-0.2, -0.15) is 0 Å². The van der Waals surface area contributed by atoms with Gasteiger partial charge in [-0.1, -0.05) is 62.2 Å². The normalized spacial score (nSPS) is 10.2. The third-order valence-corrected chi connectivity index (χ3v) is 4.57. The summed E-state index contributed by atoms with van der Waals surface area (Å²) in [5.41, 5.74) is 2.47. The molecule has 0 atom stereocenters. The summed E-state index contributed by atoms with van der Waals surface area (Å²) >= 11 is 6.73. The SMILES string of the molecule is CCOC(=O)/C=C/CCc1ccc(Br)cc1.O=CCCc1ccc(Br)cc1. The Bertz CT molecular complexity index is 707. The van der Waals surface area contributed by atoms with Gasteiger partial charge in [-0.15, -0.1) is 0 Å². The van der Waals surface area contributed by atoms with Crippen molar-refractivity contribution in [3.63, 3.8) is 0 Å². The fourth-order valence-corrected chi connectivity index (χ4v) is 2.68. The van der Waals surface area contributed by atoms with Crippen LogP contribution in [0.15, 0.2) is 69.6 Å². The van der Waals surface area contributed by atoms with Gasteiger partial charge in [-0.05, 0) is 61.6 Å². The van der Waals surface area contributed by atoms with Gasteiger partial charge in [-0.25, -0.2) is 4.79 Å². The Hall–Kier alpha value is -1.72. The lowest BCUT2D eigenvalue weighted by Gasteiger charge is -1.98. The summed E-state index contributed by atoms with van der Waals surface area (Å²) in [6.07, 6.45) is 7.52. The molecule has 0 fully saturated rings. The van der Waals surface area contributed by atoms with E-state index in [1.807, 2.05) is 42.5 Å². The molecular formula is C22H24Br2O3. The van der Waals surface area contributed by atoms with E-state index in [4.69, 9.17) is 4.74 Å². The van der Waals surface area contributed by atoms with Gasteiger partial charge in [-0.3, -0.25) is 0 Å². The molecule has 0 aromatic heterocycles. The van der Waals surface area contributed by atoms with Crippen molar-refractivity contribution in [1.82, 2.24) is 0 Å². The highest BCUT2D eigenvalue weighted by Crippen LogP contribution is 2.12. The third-order valence-electron chi connectivity index (χ3n) is 3.52. The summed E-state index contributed by atoms with van der Waals surface area (Å²) in [5.74, 6) is -0.265. The number of benzene rings is 2. The molecule has 0 aliphatic carbocycles. The predicted octanol–water partition coefficient (Wildman–Crippen LogP) is 6.08. The topological polar surface area (TPSA) is 43.4 Å². The Morgan fingerprint density at radius 1 is 0.889 bits per heavy atom. The molecule has 0 saturated carbocycles. The van der Waals surface area contributed by atoms with Crippen LogP contribution in [-0.2, 0) is 27.2 Å². The molecule has 0 N–H and O–H groups in total. The zero-order valence-corrected chi connectivity index (χ0v) is 18.5. The minimum absolute atomic E-state index is 0.265. The van der Waals surface area contributed by atoms with Gasteiger partial charge >= 0.3 is 5.97 Å². The van der Waals surface area contributed by atoms with Crippen molar-refractivity contribution in [2.24, 2.45) is 0 Å². The minimum Gasteiger partial charge on any atom is -0.463 e. The number of carbonyl (C=O) groups excluding carboxylic acids is 2. The summed E-state index contributed by atoms with van der Waals surface area (Å²) in [4.78, 5) is 21.0. The number of aldehydes is 1. The maximum absolute atomic E-state index is 11.0. The molecule has 0 saturated heterocycles. The van der Waals surface area contributed by atoms with Crippen LogP contribution < -0.4 is 0 Å². The summed E-state index contributed by atoms with van der Waals surface area (Å²) in [5, 5.41) is 0. The van der Waals surface area contributed by atoms with Gasteiger partial charge in [0.2, 0.25) is 0 Å². The number of carbonyl (C=O) groups is 2. The van der Waals surface area contributed by atoms with E-state index in [0.717, 1.165) is 34.5 Å². The van der Waals surface area contributed by atoms with Crippen LogP contribution in [0.3, 0.4) is 0 Å². The van der Waals surface area contributed by atoms with Crippen LogP contribution >= 0.6 is 31.9 Å². The second-order valence-corrected chi connectivity index (χ2v) is 7.48. The Kier molecular flexibility index (Phi) is 12.4. The first-order valence-electron chi connectivity index (χ1n) is 8.81. The number of hydrogen-bond acceptors (Lipinski definition) is 3. The van der Waals surface area contributed by atoms with Gasteiger partial charge in [0, 0.05) is 21.4 Å². The summed E-state index contributed by atoms with van der Waals surface area (Å²) in [6.45, 7) is 2.23. The van der Waals surface area contributed by atoms with E-state index >= 15 is 0 Å². The van der Waals surface area contributed by atoms with E-state index in [1.54, 1.807) is 6.92 Å². The average Bonchev–Trinajstić information content (AvgIpc) is 2.67. The Morgan fingerprint density at radius 2 is 1.37 bits per heavy atom. The summed E-state index contributed by atoms with van der Waals surface area (Å²) in [6, 6.07) is 16.2. The first-order valence-corrected chi connectivity index (χ1v) is 10.4. The summed E-state index contributed by atoms with van der Waals surface area (Å²) < 4.78 is 6.94. The van der Waals surface area contributed by atoms with Crippen molar-refractivity contribution in [3.8, 4) is 0 Å². The van der Waals surface area contributed by atoms with E-state index in [-0.39, 0.29) is 5.97 Å². The molecule has 144 valence electrons. The second-order valence-electron chi connectivity index (χ2n) is 5.65. The molecule has 0 spiro atoms. The van der Waals surface area contributed by atoms with Gasteiger partial charge in [0.05, 0.1) is 6.61 Å². The number of halogens is 2. The lowest BCUT2D eigenvalue weighted by atomic mass is 10.1. The highest BCUT2D eigenvalue weighted by molar-refractivity contribution is 9.10. The number of ether oxygens (including phenoxy) is 1. The van der Waals surface area contributed by atoms with E-state index in [1.165, 1.54) is 17.2 Å². The van der Waals surface area contributed by atoms with Crippen LogP contribution in [0.5, 0.6) is 0 Å². The van der Waals surface area contributed by atoms with Crippen molar-refractivity contribution in [2.45, 2.75) is 32.6 Å². The van der Waals surface area contributed by atoms with E-state index in [0.29, 0.717) is 13.0 Å². The smallest absolute Gasteiger partial charge is 0.330 e. The maximum Gasteiger partial charge on any atom is 0.330 e.